The van der Waals surface area contributed by atoms with Gasteiger partial charge in [0.2, 0.25) is 0 Å². The van der Waals surface area contributed by atoms with Crippen molar-refractivity contribution in [2.24, 2.45) is 0 Å². The van der Waals surface area contributed by atoms with Gasteiger partial charge in [-0.15, -0.1) is 0 Å². The minimum Gasteiger partial charge on any atom is -0.493 e. The molecule has 4 heterocycles. The van der Waals surface area contributed by atoms with Crippen molar-refractivity contribution >= 4 is 46.7 Å². The Morgan fingerprint density at radius 3 is 1.80 bits per heavy atom. The molecular weight excluding hydrogens is 715 g/mol. The molecule has 15 nitrogen and oxygen atoms in total. The van der Waals surface area contributed by atoms with Crippen LogP contribution < -0.4 is 31.3 Å². The number of hydrogen-bond acceptors (Lipinski definition) is 10. The van der Waals surface area contributed by atoms with Gasteiger partial charge in [0.15, 0.2) is 11.6 Å². The zero-order chi connectivity index (χ0) is 39.7. The second-order valence-corrected chi connectivity index (χ2v) is 14.6. The summed E-state index contributed by atoms with van der Waals surface area (Å²) in [5.74, 6) is 2.00. The van der Waals surface area contributed by atoms with Gasteiger partial charge in [0.1, 0.15) is 23.0 Å². The van der Waals surface area contributed by atoms with Crippen molar-refractivity contribution in [3.05, 3.63) is 132 Å². The summed E-state index contributed by atoms with van der Waals surface area (Å²) in [6, 6.07) is 27.1. The van der Waals surface area contributed by atoms with Crippen LogP contribution in [0.2, 0.25) is 0 Å². The molecule has 0 unspecified atom stereocenters. The molecule has 0 aliphatic rings. The Hall–Kier alpha value is -7.03. The molecule has 0 saturated carbocycles. The topological polar surface area (TPSA) is 198 Å². The second kappa shape index (κ2) is 17.0. The number of benzene rings is 2. The summed E-state index contributed by atoms with van der Waals surface area (Å²) in [5.41, 5.74) is 2.61. The number of pyridine rings is 2. The van der Waals surface area contributed by atoms with Gasteiger partial charge in [0.25, 0.3) is 5.91 Å². The number of ether oxygens (including phenoxy) is 1. The number of rotatable bonds is 13. The molecule has 15 heteroatoms. The van der Waals surface area contributed by atoms with Crippen LogP contribution in [0, 0.1) is 0 Å². The summed E-state index contributed by atoms with van der Waals surface area (Å²) in [6.07, 6.45) is 2.86. The lowest BCUT2D eigenvalue weighted by Crippen LogP contribution is -2.22. The highest BCUT2D eigenvalue weighted by atomic mass is 16.5. The minimum atomic E-state index is -0.588. The number of hydrogen-bond donors (Lipinski definition) is 5. The van der Waals surface area contributed by atoms with Gasteiger partial charge in [-0.3, -0.25) is 20.4 Å². The van der Waals surface area contributed by atoms with Gasteiger partial charge in [-0.1, -0.05) is 57.1 Å². The summed E-state index contributed by atoms with van der Waals surface area (Å²) in [5, 5.41) is 21.6. The number of nitrogens with zero attached hydrogens (tertiary/aromatic N) is 4. The normalized spacial score (nSPS) is 11.4. The average molecular weight is 758 g/mol. The van der Waals surface area contributed by atoms with E-state index in [4.69, 9.17) is 13.8 Å². The third kappa shape index (κ3) is 10.8. The molecule has 56 heavy (non-hydrogen) atoms. The quantitative estimate of drug-likeness (QED) is 0.0762. The minimum absolute atomic E-state index is 0.225. The highest BCUT2D eigenvalue weighted by molar-refractivity contribution is 6.03. The predicted molar refractivity (Wildman–Crippen MR) is 212 cm³/mol. The number of urea groups is 2. The van der Waals surface area contributed by atoms with E-state index < -0.39 is 23.4 Å². The Bertz CT molecular complexity index is 2260. The lowest BCUT2D eigenvalue weighted by Gasteiger charge is -2.20. The maximum Gasteiger partial charge on any atom is 0.324 e. The SMILES string of the molecule is CC(C)(C)c1cc(NC(=O)Nc2ccc(NC(=O)c3cccc(CC(C)(C)c4cc(NC(=O)Nc5ccc(OCCc6ccccn6)cc5)no4)n3)cc2)no1. The first kappa shape index (κ1) is 38.7. The van der Waals surface area contributed by atoms with Gasteiger partial charge in [-0.05, 0) is 72.8 Å². The van der Waals surface area contributed by atoms with E-state index in [1.807, 2.05) is 58.9 Å². The lowest BCUT2D eigenvalue weighted by atomic mass is 9.85. The maximum absolute atomic E-state index is 13.1. The molecule has 0 fully saturated rings. The Labute approximate surface area is 323 Å². The molecule has 0 spiro atoms. The summed E-state index contributed by atoms with van der Waals surface area (Å²) < 4.78 is 16.7. The summed E-state index contributed by atoms with van der Waals surface area (Å²) >= 11 is 0. The van der Waals surface area contributed by atoms with Crippen LogP contribution in [0.5, 0.6) is 5.75 Å². The van der Waals surface area contributed by atoms with Crippen molar-refractivity contribution in [2.75, 3.05) is 33.2 Å². The van der Waals surface area contributed by atoms with Crippen LogP contribution in [0.3, 0.4) is 0 Å². The lowest BCUT2D eigenvalue weighted by molar-refractivity contribution is 0.102. The van der Waals surface area contributed by atoms with E-state index >= 15 is 0 Å². The van der Waals surface area contributed by atoms with Gasteiger partial charge < -0.3 is 29.7 Å². The number of aromatic nitrogens is 4. The molecule has 288 valence electrons. The Morgan fingerprint density at radius 1 is 0.643 bits per heavy atom. The highest BCUT2D eigenvalue weighted by Crippen LogP contribution is 2.30. The van der Waals surface area contributed by atoms with Crippen LogP contribution >= 0.6 is 0 Å². The zero-order valence-corrected chi connectivity index (χ0v) is 31.7. The first-order chi connectivity index (χ1) is 26.8. The molecule has 0 aliphatic heterocycles. The molecule has 0 atom stereocenters. The van der Waals surface area contributed by atoms with Crippen molar-refractivity contribution < 1.29 is 28.2 Å². The smallest absolute Gasteiger partial charge is 0.324 e. The molecule has 5 N–H and O–H groups in total. The summed E-state index contributed by atoms with van der Waals surface area (Å²) in [6.45, 7) is 10.3. The molecule has 6 aromatic rings. The fourth-order valence-corrected chi connectivity index (χ4v) is 5.43. The first-order valence-electron chi connectivity index (χ1n) is 17.9. The van der Waals surface area contributed by atoms with Crippen molar-refractivity contribution in [1.82, 2.24) is 20.3 Å². The molecular formula is C41H43N9O6. The summed E-state index contributed by atoms with van der Waals surface area (Å²) in [7, 11) is 0. The van der Waals surface area contributed by atoms with Crippen LogP contribution in [0.15, 0.2) is 112 Å². The number of amides is 5. The fourth-order valence-electron chi connectivity index (χ4n) is 5.43. The Balaban J connectivity index is 0.964. The standard InChI is InChI=1S/C41H43N9O6/c1-40(2,3)33-23-35(49-55-33)47-38(52)45-28-14-12-27(13-15-28)44-37(51)32-11-8-10-30(43-32)25-41(4,5)34-24-36(50-56-34)48-39(53)46-29-16-18-31(19-17-29)54-22-20-26-9-6-7-21-42-26/h6-19,21,23-24H,20,22,25H2,1-5H3,(H,44,51)(H2,45,47,49,52)(H2,46,48,50,53). The average Bonchev–Trinajstić information content (AvgIpc) is 3.84. The van der Waals surface area contributed by atoms with Crippen LogP contribution in [-0.2, 0) is 23.7 Å². The maximum atomic E-state index is 13.1. The van der Waals surface area contributed by atoms with Gasteiger partial charge in [-0.25, -0.2) is 14.6 Å². The van der Waals surface area contributed by atoms with E-state index in [1.54, 1.807) is 79.0 Å². The highest BCUT2D eigenvalue weighted by Gasteiger charge is 2.28. The Kier molecular flexibility index (Phi) is 11.7. The Morgan fingerprint density at radius 2 is 1.21 bits per heavy atom. The molecule has 0 radical (unpaired) electrons. The number of carbonyl (C=O) groups excluding carboxylic acids is 3. The largest absolute Gasteiger partial charge is 0.493 e. The van der Waals surface area contributed by atoms with Crippen LogP contribution in [0.25, 0.3) is 0 Å². The van der Waals surface area contributed by atoms with Gasteiger partial charge in [0.05, 0.1) is 6.61 Å². The predicted octanol–water partition coefficient (Wildman–Crippen LogP) is 8.43. The second-order valence-electron chi connectivity index (χ2n) is 14.6. The van der Waals surface area contributed by atoms with Gasteiger partial charge in [0, 0.05) is 70.5 Å². The van der Waals surface area contributed by atoms with Crippen molar-refractivity contribution in [3.8, 4) is 5.75 Å². The van der Waals surface area contributed by atoms with E-state index in [0.717, 1.165) is 5.69 Å². The van der Waals surface area contributed by atoms with Gasteiger partial charge >= 0.3 is 12.1 Å². The van der Waals surface area contributed by atoms with Crippen molar-refractivity contribution in [1.29, 1.82) is 0 Å². The fraction of sp³-hybridized carbons (Fsp3) is 0.244. The van der Waals surface area contributed by atoms with E-state index in [2.05, 4.69) is 46.9 Å². The van der Waals surface area contributed by atoms with E-state index in [9.17, 15) is 14.4 Å². The van der Waals surface area contributed by atoms with E-state index in [1.165, 1.54) is 0 Å². The molecule has 0 saturated heterocycles. The number of anilines is 5. The van der Waals surface area contributed by atoms with E-state index in [-0.39, 0.29) is 16.9 Å². The van der Waals surface area contributed by atoms with Crippen LogP contribution in [0.4, 0.5) is 38.3 Å². The molecule has 6 rings (SSSR count). The molecule has 4 aromatic heterocycles. The zero-order valence-electron chi connectivity index (χ0n) is 31.7. The first-order valence-corrected chi connectivity index (χ1v) is 17.9. The molecule has 5 amide bonds. The number of carbonyl (C=O) groups is 3. The third-order valence-electron chi connectivity index (χ3n) is 8.44. The molecule has 2 aromatic carbocycles. The van der Waals surface area contributed by atoms with Gasteiger partial charge in [-0.2, -0.15) is 0 Å². The molecule has 0 bridgehead atoms. The van der Waals surface area contributed by atoms with Crippen molar-refractivity contribution in [2.45, 2.75) is 58.3 Å². The van der Waals surface area contributed by atoms with E-state index in [0.29, 0.717) is 65.3 Å². The monoisotopic (exact) mass is 757 g/mol. The third-order valence-corrected chi connectivity index (χ3v) is 8.44. The number of nitrogens with one attached hydrogen (secondary N) is 5. The molecule has 0 aliphatic carbocycles. The van der Waals surface area contributed by atoms with Crippen molar-refractivity contribution in [3.63, 3.8) is 0 Å². The van der Waals surface area contributed by atoms with Crippen LogP contribution in [0.1, 0.15) is 68.0 Å². The summed E-state index contributed by atoms with van der Waals surface area (Å²) in [4.78, 5) is 47.2. The van der Waals surface area contributed by atoms with Crippen LogP contribution in [-0.4, -0.2) is 44.9 Å².